The number of halogens is 1. The number of rotatable bonds is 16. The second-order valence-corrected chi connectivity index (χ2v) is 9.63. The zero-order chi connectivity index (χ0) is 26.6. The molecule has 2 aromatic rings. The van der Waals surface area contributed by atoms with E-state index >= 15 is 0 Å². The predicted molar refractivity (Wildman–Crippen MR) is 143 cm³/mol. The highest BCUT2D eigenvalue weighted by Crippen LogP contribution is 2.20. The standard InChI is InChI=1S/C26H40FN7O3/c1-33(2)24-15-23(29-18-30-24)32-22(26(35)36)11-14-34(16-20(27)17-37-3)13-5-4-8-21-10-9-19-7-6-12-28-25(19)31-21/h9-10,15,18,20,22H,4-8,11-14,16-17H2,1-3H3,(H,28,31)(H,35,36)(H,29,30,32)/t20-,22-/m0/s1. The van der Waals surface area contributed by atoms with Gasteiger partial charge in [-0.05, 0) is 56.7 Å². The second kappa shape index (κ2) is 14.6. The van der Waals surface area contributed by atoms with Gasteiger partial charge in [-0.15, -0.1) is 0 Å². The third-order valence-electron chi connectivity index (χ3n) is 6.38. The summed E-state index contributed by atoms with van der Waals surface area (Å²) in [6, 6.07) is 5.10. The largest absolute Gasteiger partial charge is 0.480 e. The van der Waals surface area contributed by atoms with Gasteiger partial charge in [0.05, 0.1) is 6.61 Å². The van der Waals surface area contributed by atoms with E-state index in [-0.39, 0.29) is 13.2 Å². The number of carboxylic acid groups (broad SMARTS) is 1. The highest BCUT2D eigenvalue weighted by atomic mass is 19.1. The van der Waals surface area contributed by atoms with Crippen molar-refractivity contribution in [2.24, 2.45) is 0 Å². The number of carboxylic acids is 1. The average molecular weight is 518 g/mol. The molecule has 0 bridgehead atoms. The van der Waals surface area contributed by atoms with Gasteiger partial charge in [-0.2, -0.15) is 0 Å². The van der Waals surface area contributed by atoms with Gasteiger partial charge in [0.2, 0.25) is 0 Å². The predicted octanol–water partition coefficient (Wildman–Crippen LogP) is 2.86. The number of pyridine rings is 1. The van der Waals surface area contributed by atoms with Gasteiger partial charge >= 0.3 is 5.97 Å². The first-order valence-electron chi connectivity index (χ1n) is 12.9. The molecule has 0 aromatic carbocycles. The van der Waals surface area contributed by atoms with Gasteiger partial charge in [0, 0.05) is 52.6 Å². The van der Waals surface area contributed by atoms with Crippen molar-refractivity contribution in [3.05, 3.63) is 35.8 Å². The molecule has 204 valence electrons. The fraction of sp³-hybridized carbons (Fsp3) is 0.615. The van der Waals surface area contributed by atoms with Crippen LogP contribution in [0.25, 0.3) is 0 Å². The van der Waals surface area contributed by atoms with E-state index in [0.29, 0.717) is 31.1 Å². The fourth-order valence-corrected chi connectivity index (χ4v) is 4.38. The Kier molecular flexibility index (Phi) is 11.3. The van der Waals surface area contributed by atoms with Crippen LogP contribution in [0.15, 0.2) is 24.5 Å². The van der Waals surface area contributed by atoms with Crippen molar-refractivity contribution >= 4 is 23.4 Å². The average Bonchev–Trinajstić information content (AvgIpc) is 2.88. The van der Waals surface area contributed by atoms with E-state index in [4.69, 9.17) is 9.72 Å². The maximum absolute atomic E-state index is 14.4. The molecule has 0 aliphatic carbocycles. The minimum atomic E-state index is -1.14. The van der Waals surface area contributed by atoms with Crippen LogP contribution in [0.3, 0.4) is 0 Å². The minimum absolute atomic E-state index is 0.0113. The molecular formula is C26H40FN7O3. The first kappa shape index (κ1) is 28.5. The van der Waals surface area contributed by atoms with Crippen LogP contribution in [0, 0.1) is 0 Å². The summed E-state index contributed by atoms with van der Waals surface area (Å²) in [4.78, 5) is 28.8. The molecule has 37 heavy (non-hydrogen) atoms. The number of ether oxygens (including phenoxy) is 1. The number of carbonyl (C=O) groups is 1. The highest BCUT2D eigenvalue weighted by molar-refractivity contribution is 5.77. The second-order valence-electron chi connectivity index (χ2n) is 9.63. The lowest BCUT2D eigenvalue weighted by Crippen LogP contribution is -2.38. The van der Waals surface area contributed by atoms with Crippen LogP contribution in [0.2, 0.25) is 0 Å². The number of hydrogen-bond acceptors (Lipinski definition) is 9. The number of unbranched alkanes of at least 4 members (excludes halogenated alkanes) is 1. The Morgan fingerprint density at radius 1 is 1.27 bits per heavy atom. The Morgan fingerprint density at radius 2 is 2.11 bits per heavy atom. The molecule has 3 rings (SSSR count). The monoisotopic (exact) mass is 517 g/mol. The van der Waals surface area contributed by atoms with Crippen molar-refractivity contribution in [1.82, 2.24) is 19.9 Å². The lowest BCUT2D eigenvalue weighted by molar-refractivity contribution is -0.138. The van der Waals surface area contributed by atoms with Gasteiger partial charge in [0.15, 0.2) is 0 Å². The van der Waals surface area contributed by atoms with Crippen molar-refractivity contribution in [1.29, 1.82) is 0 Å². The number of aryl methyl sites for hydroxylation is 2. The number of aliphatic carboxylic acids is 1. The van der Waals surface area contributed by atoms with E-state index in [1.54, 1.807) is 6.07 Å². The number of nitrogens with zero attached hydrogens (tertiary/aromatic N) is 5. The Balaban J connectivity index is 1.53. The number of methoxy groups -OCH3 is 1. The Morgan fingerprint density at radius 3 is 2.86 bits per heavy atom. The van der Waals surface area contributed by atoms with Crippen LogP contribution < -0.4 is 15.5 Å². The molecule has 0 unspecified atom stereocenters. The van der Waals surface area contributed by atoms with Crippen molar-refractivity contribution < 1.29 is 19.0 Å². The molecule has 3 heterocycles. The molecule has 11 heteroatoms. The molecule has 0 saturated heterocycles. The zero-order valence-electron chi connectivity index (χ0n) is 22.1. The number of anilines is 3. The van der Waals surface area contributed by atoms with Crippen LogP contribution in [-0.4, -0.2) is 97.1 Å². The van der Waals surface area contributed by atoms with Crippen molar-refractivity contribution in [2.45, 2.75) is 50.7 Å². The summed E-state index contributed by atoms with van der Waals surface area (Å²) in [7, 11) is 5.18. The quantitative estimate of drug-likeness (QED) is 0.287. The molecule has 0 fully saturated rings. The highest BCUT2D eigenvalue weighted by Gasteiger charge is 2.21. The summed E-state index contributed by atoms with van der Waals surface area (Å²) in [5.41, 5.74) is 2.33. The molecule has 0 radical (unpaired) electrons. The Hall–Kier alpha value is -3.05. The SMILES string of the molecule is COC[C@@H](F)CN(CCCCc1ccc2c(n1)NCCC2)CC[C@H](Nc1cc(N(C)C)ncn1)C(=O)O. The molecular weight excluding hydrogens is 477 g/mol. The van der Waals surface area contributed by atoms with Gasteiger partial charge in [-0.3, -0.25) is 0 Å². The lowest BCUT2D eigenvalue weighted by atomic mass is 10.1. The van der Waals surface area contributed by atoms with E-state index in [0.717, 1.165) is 50.2 Å². The van der Waals surface area contributed by atoms with Crippen LogP contribution >= 0.6 is 0 Å². The molecule has 10 nitrogen and oxygen atoms in total. The molecule has 3 N–H and O–H groups in total. The van der Waals surface area contributed by atoms with E-state index < -0.39 is 18.2 Å². The molecule has 0 saturated carbocycles. The van der Waals surface area contributed by atoms with Gasteiger partial charge in [-0.25, -0.2) is 24.1 Å². The smallest absolute Gasteiger partial charge is 0.326 e. The summed E-state index contributed by atoms with van der Waals surface area (Å²) >= 11 is 0. The molecule has 0 amide bonds. The topological polar surface area (TPSA) is 116 Å². The van der Waals surface area contributed by atoms with Gasteiger partial charge in [0.25, 0.3) is 0 Å². The van der Waals surface area contributed by atoms with E-state index in [1.165, 1.54) is 19.0 Å². The first-order valence-corrected chi connectivity index (χ1v) is 12.9. The number of aromatic nitrogens is 3. The van der Waals surface area contributed by atoms with E-state index in [1.807, 2.05) is 23.9 Å². The molecule has 2 atom stereocenters. The number of alkyl halides is 1. The van der Waals surface area contributed by atoms with Crippen molar-refractivity contribution in [3.63, 3.8) is 0 Å². The Bertz CT molecular complexity index is 994. The summed E-state index contributed by atoms with van der Waals surface area (Å²) in [5, 5.41) is 16.1. The third-order valence-corrected chi connectivity index (χ3v) is 6.38. The first-order chi connectivity index (χ1) is 17.9. The zero-order valence-corrected chi connectivity index (χ0v) is 22.1. The van der Waals surface area contributed by atoms with Gasteiger partial charge in [0.1, 0.15) is 36.0 Å². The summed E-state index contributed by atoms with van der Waals surface area (Å²) in [5.74, 6) is 1.13. The minimum Gasteiger partial charge on any atom is -0.480 e. The maximum Gasteiger partial charge on any atom is 0.326 e. The summed E-state index contributed by atoms with van der Waals surface area (Å²) in [6.07, 6.45) is 5.38. The summed E-state index contributed by atoms with van der Waals surface area (Å²) < 4.78 is 19.4. The van der Waals surface area contributed by atoms with E-state index in [9.17, 15) is 14.3 Å². The van der Waals surface area contributed by atoms with E-state index in [2.05, 4.69) is 32.7 Å². The maximum atomic E-state index is 14.4. The van der Waals surface area contributed by atoms with Crippen LogP contribution in [0.4, 0.5) is 21.8 Å². The fourth-order valence-electron chi connectivity index (χ4n) is 4.38. The van der Waals surface area contributed by atoms with Crippen molar-refractivity contribution in [2.75, 3.05) is 69.5 Å². The summed E-state index contributed by atoms with van der Waals surface area (Å²) in [6.45, 7) is 2.26. The lowest BCUT2D eigenvalue weighted by Gasteiger charge is -2.26. The number of nitrogens with one attached hydrogen (secondary N) is 2. The van der Waals surface area contributed by atoms with Crippen molar-refractivity contribution in [3.8, 4) is 0 Å². The molecule has 1 aliphatic rings. The van der Waals surface area contributed by atoms with Gasteiger partial charge in [-0.1, -0.05) is 6.07 Å². The Labute approximate surface area is 218 Å². The van der Waals surface area contributed by atoms with Crippen LogP contribution in [-0.2, 0) is 22.4 Å². The molecule has 1 aliphatic heterocycles. The van der Waals surface area contributed by atoms with Crippen LogP contribution in [0.1, 0.15) is 36.9 Å². The molecule has 2 aromatic heterocycles. The number of hydrogen-bond donors (Lipinski definition) is 3. The normalized spacial score (nSPS) is 14.5. The number of fused-ring (bicyclic) bond motifs is 1. The van der Waals surface area contributed by atoms with Crippen LogP contribution in [0.5, 0.6) is 0 Å². The third kappa shape index (κ3) is 9.40. The van der Waals surface area contributed by atoms with Gasteiger partial charge < -0.3 is 30.3 Å². The molecule has 0 spiro atoms.